The second-order valence-corrected chi connectivity index (χ2v) is 5.04. The van der Waals surface area contributed by atoms with Gasteiger partial charge in [-0.2, -0.15) is 0 Å². The molecule has 0 saturated heterocycles. The van der Waals surface area contributed by atoms with Gasteiger partial charge in [0, 0.05) is 13.0 Å². The van der Waals surface area contributed by atoms with Crippen LogP contribution in [0.3, 0.4) is 0 Å². The van der Waals surface area contributed by atoms with E-state index >= 15 is 0 Å². The third kappa shape index (κ3) is 1.74. The highest BCUT2D eigenvalue weighted by molar-refractivity contribution is 7.13. The number of aliphatic carboxylic acids is 1. The minimum absolute atomic E-state index is 0.317. The summed E-state index contributed by atoms with van der Waals surface area (Å²) < 4.78 is 2.03. The summed E-state index contributed by atoms with van der Waals surface area (Å²) in [5, 5.41) is 19.3. The Morgan fingerprint density at radius 1 is 1.53 bits per heavy atom. The lowest BCUT2D eigenvalue weighted by Crippen LogP contribution is -2.25. The van der Waals surface area contributed by atoms with Crippen LogP contribution in [0.15, 0.2) is 17.5 Å². The van der Waals surface area contributed by atoms with E-state index in [2.05, 4.69) is 10.2 Å². The summed E-state index contributed by atoms with van der Waals surface area (Å²) in [7, 11) is 0. The largest absolute Gasteiger partial charge is 0.481 e. The van der Waals surface area contributed by atoms with Crippen LogP contribution in [0.1, 0.15) is 12.2 Å². The topological polar surface area (TPSA) is 68.0 Å². The third-order valence-electron chi connectivity index (χ3n) is 3.05. The summed E-state index contributed by atoms with van der Waals surface area (Å²) in [5.74, 6) is 0.589. The number of carboxylic acid groups (broad SMARTS) is 1. The number of hydrogen-bond donors (Lipinski definition) is 1. The molecule has 2 aromatic rings. The number of nitrogens with zero attached hydrogens (tertiary/aromatic N) is 3. The molecule has 3 heterocycles. The maximum Gasteiger partial charge on any atom is 0.307 e. The Bertz CT molecular complexity index is 547. The van der Waals surface area contributed by atoms with Crippen molar-refractivity contribution in [3.05, 3.63) is 23.3 Å². The molecule has 0 spiro atoms. The zero-order valence-electron chi connectivity index (χ0n) is 9.04. The molecule has 0 radical (unpaired) electrons. The fourth-order valence-electron chi connectivity index (χ4n) is 2.13. The highest BCUT2D eigenvalue weighted by Gasteiger charge is 2.27. The van der Waals surface area contributed by atoms with Crippen LogP contribution in [0.5, 0.6) is 0 Å². The molecule has 0 aromatic carbocycles. The molecule has 0 aliphatic carbocycles. The number of carboxylic acids is 1. The van der Waals surface area contributed by atoms with E-state index in [1.807, 2.05) is 22.1 Å². The molecular formula is C11H11N3O2S. The summed E-state index contributed by atoms with van der Waals surface area (Å²) in [6.45, 7) is 0.687. The van der Waals surface area contributed by atoms with Gasteiger partial charge in [0.25, 0.3) is 0 Å². The van der Waals surface area contributed by atoms with Gasteiger partial charge in [0.2, 0.25) is 0 Å². The Morgan fingerprint density at radius 2 is 2.41 bits per heavy atom. The first-order valence-electron chi connectivity index (χ1n) is 5.44. The number of fused-ring (bicyclic) bond motifs is 1. The van der Waals surface area contributed by atoms with E-state index < -0.39 is 5.97 Å². The zero-order valence-corrected chi connectivity index (χ0v) is 9.85. The van der Waals surface area contributed by atoms with Crippen molar-refractivity contribution in [1.82, 2.24) is 14.8 Å². The van der Waals surface area contributed by atoms with Crippen molar-refractivity contribution in [3.8, 4) is 10.7 Å². The first-order valence-corrected chi connectivity index (χ1v) is 6.32. The van der Waals surface area contributed by atoms with Crippen LogP contribution in [-0.4, -0.2) is 25.8 Å². The van der Waals surface area contributed by atoms with E-state index in [0.29, 0.717) is 19.4 Å². The first-order chi connectivity index (χ1) is 8.25. The van der Waals surface area contributed by atoms with Gasteiger partial charge in [-0.25, -0.2) is 0 Å². The molecule has 1 N–H and O–H groups in total. The minimum Gasteiger partial charge on any atom is -0.481 e. The van der Waals surface area contributed by atoms with Crippen LogP contribution in [0, 0.1) is 5.92 Å². The molecule has 0 amide bonds. The lowest BCUT2D eigenvalue weighted by molar-refractivity contribution is -0.142. The van der Waals surface area contributed by atoms with Gasteiger partial charge in [0.15, 0.2) is 5.82 Å². The lowest BCUT2D eigenvalue weighted by Gasteiger charge is -2.20. The van der Waals surface area contributed by atoms with Crippen molar-refractivity contribution in [1.29, 1.82) is 0 Å². The Kier molecular flexibility index (Phi) is 2.44. The van der Waals surface area contributed by atoms with Crippen molar-refractivity contribution >= 4 is 17.3 Å². The third-order valence-corrected chi connectivity index (χ3v) is 3.91. The normalized spacial score (nSPS) is 18.9. The smallest absolute Gasteiger partial charge is 0.307 e. The van der Waals surface area contributed by atoms with Crippen molar-refractivity contribution < 1.29 is 9.90 Å². The molecule has 1 atom stereocenters. The second kappa shape index (κ2) is 3.96. The molecular weight excluding hydrogens is 238 g/mol. The Morgan fingerprint density at radius 3 is 3.12 bits per heavy atom. The molecule has 5 nitrogen and oxygen atoms in total. The molecule has 1 aliphatic rings. The van der Waals surface area contributed by atoms with Gasteiger partial charge in [-0.3, -0.25) is 4.79 Å². The molecule has 0 fully saturated rings. The summed E-state index contributed by atoms with van der Waals surface area (Å²) in [6, 6.07) is 3.98. The van der Waals surface area contributed by atoms with Gasteiger partial charge in [0.1, 0.15) is 5.82 Å². The Balaban J connectivity index is 1.95. The van der Waals surface area contributed by atoms with Crippen LogP contribution in [0.2, 0.25) is 0 Å². The molecule has 1 aliphatic heterocycles. The SMILES string of the molecule is O=C(O)C1CCn2c(nnc2-c2cccs2)C1. The van der Waals surface area contributed by atoms with E-state index in [-0.39, 0.29) is 5.92 Å². The monoisotopic (exact) mass is 249 g/mol. The Hall–Kier alpha value is -1.69. The predicted octanol–water partition coefficient (Wildman–Crippen LogP) is 1.65. The van der Waals surface area contributed by atoms with E-state index in [1.165, 1.54) is 0 Å². The summed E-state index contributed by atoms with van der Waals surface area (Å²) in [6.07, 6.45) is 1.13. The minimum atomic E-state index is -0.739. The van der Waals surface area contributed by atoms with E-state index in [9.17, 15) is 4.79 Å². The average Bonchev–Trinajstić information content (AvgIpc) is 2.96. The van der Waals surface area contributed by atoms with Gasteiger partial charge in [-0.1, -0.05) is 6.07 Å². The maximum atomic E-state index is 10.9. The number of thiophene rings is 1. The fourth-order valence-corrected chi connectivity index (χ4v) is 2.84. The number of carbonyl (C=O) groups is 1. The van der Waals surface area contributed by atoms with Gasteiger partial charge in [-0.15, -0.1) is 21.5 Å². The molecule has 88 valence electrons. The van der Waals surface area contributed by atoms with Crippen LogP contribution >= 0.6 is 11.3 Å². The highest BCUT2D eigenvalue weighted by Crippen LogP contribution is 2.28. The summed E-state index contributed by atoms with van der Waals surface area (Å²) >= 11 is 1.62. The summed E-state index contributed by atoms with van der Waals surface area (Å²) in [5.41, 5.74) is 0. The molecule has 0 saturated carbocycles. The van der Waals surface area contributed by atoms with Gasteiger partial charge >= 0.3 is 5.97 Å². The van der Waals surface area contributed by atoms with Crippen LogP contribution in [0.4, 0.5) is 0 Å². The standard InChI is InChI=1S/C11H11N3O2S/c15-11(16)7-3-4-14-9(6-7)12-13-10(14)8-2-1-5-17-8/h1-2,5,7H,3-4,6H2,(H,15,16). The molecule has 3 rings (SSSR count). The van der Waals surface area contributed by atoms with Gasteiger partial charge in [-0.05, 0) is 17.9 Å². The summed E-state index contributed by atoms with van der Waals surface area (Å²) in [4.78, 5) is 12.0. The van der Waals surface area contributed by atoms with Crippen molar-refractivity contribution in [3.63, 3.8) is 0 Å². The maximum absolute atomic E-state index is 10.9. The average molecular weight is 249 g/mol. The molecule has 1 unspecified atom stereocenters. The Labute approximate surface area is 102 Å². The first kappa shape index (κ1) is 10.5. The molecule has 0 bridgehead atoms. The molecule has 6 heteroatoms. The van der Waals surface area contributed by atoms with Gasteiger partial charge < -0.3 is 9.67 Å². The quantitative estimate of drug-likeness (QED) is 0.878. The molecule has 2 aromatic heterocycles. The van der Waals surface area contributed by atoms with Crippen molar-refractivity contribution in [2.75, 3.05) is 0 Å². The van der Waals surface area contributed by atoms with E-state index in [4.69, 9.17) is 5.11 Å². The zero-order chi connectivity index (χ0) is 11.8. The van der Waals surface area contributed by atoms with Crippen LogP contribution < -0.4 is 0 Å². The van der Waals surface area contributed by atoms with Crippen molar-refractivity contribution in [2.24, 2.45) is 5.92 Å². The lowest BCUT2D eigenvalue weighted by atomic mass is 9.98. The highest BCUT2D eigenvalue weighted by atomic mass is 32.1. The van der Waals surface area contributed by atoms with Crippen LogP contribution in [0.25, 0.3) is 10.7 Å². The van der Waals surface area contributed by atoms with E-state index in [1.54, 1.807) is 11.3 Å². The number of rotatable bonds is 2. The molecule has 17 heavy (non-hydrogen) atoms. The second-order valence-electron chi connectivity index (χ2n) is 4.10. The predicted molar refractivity (Wildman–Crippen MR) is 62.8 cm³/mol. The number of aromatic nitrogens is 3. The van der Waals surface area contributed by atoms with Gasteiger partial charge in [0.05, 0.1) is 10.8 Å². The number of hydrogen-bond acceptors (Lipinski definition) is 4. The van der Waals surface area contributed by atoms with E-state index in [0.717, 1.165) is 16.5 Å². The fraction of sp³-hybridized carbons (Fsp3) is 0.364. The van der Waals surface area contributed by atoms with Crippen LogP contribution in [-0.2, 0) is 17.8 Å². The van der Waals surface area contributed by atoms with Crippen molar-refractivity contribution in [2.45, 2.75) is 19.4 Å².